The van der Waals surface area contributed by atoms with Crippen molar-refractivity contribution in [1.29, 1.82) is 0 Å². The second-order valence-corrected chi connectivity index (χ2v) is 6.79. The van der Waals surface area contributed by atoms with E-state index < -0.39 is 6.09 Å². The fourth-order valence-electron chi connectivity index (χ4n) is 3.28. The Labute approximate surface area is 149 Å². The van der Waals surface area contributed by atoms with E-state index in [0.29, 0.717) is 34.3 Å². The quantitative estimate of drug-likeness (QED) is 0.868. The van der Waals surface area contributed by atoms with E-state index in [-0.39, 0.29) is 11.6 Å². The molecule has 0 saturated heterocycles. The Morgan fingerprint density at radius 3 is 2.80 bits per heavy atom. The normalized spacial score (nSPS) is 20.4. The van der Waals surface area contributed by atoms with Gasteiger partial charge in [-0.1, -0.05) is 11.6 Å². The van der Waals surface area contributed by atoms with Gasteiger partial charge >= 0.3 is 6.09 Å². The monoisotopic (exact) mass is 365 g/mol. The molecule has 3 rings (SSSR count). The largest absolute Gasteiger partial charge is 0.489 e. The summed E-state index contributed by atoms with van der Waals surface area (Å²) in [6.07, 6.45) is 3.90. The third-order valence-electron chi connectivity index (χ3n) is 4.68. The Hall–Kier alpha value is -2.28. The van der Waals surface area contributed by atoms with Gasteiger partial charge < -0.3 is 19.7 Å². The van der Waals surface area contributed by atoms with Crippen LogP contribution in [-0.2, 0) is 7.05 Å². The lowest BCUT2D eigenvalue weighted by molar-refractivity contribution is 0.170. The minimum absolute atomic E-state index is 0.0138. The molecule has 0 bridgehead atoms. The van der Waals surface area contributed by atoms with E-state index in [1.54, 1.807) is 13.1 Å². The van der Waals surface area contributed by atoms with Crippen molar-refractivity contribution in [3.05, 3.63) is 33.7 Å². The average Bonchev–Trinajstić information content (AvgIpc) is 2.58. The van der Waals surface area contributed by atoms with E-state index in [0.717, 1.165) is 25.7 Å². The highest BCUT2D eigenvalue weighted by Gasteiger charge is 2.23. The molecule has 7 nitrogen and oxygen atoms in total. The molecule has 2 heterocycles. The Morgan fingerprint density at radius 1 is 1.40 bits per heavy atom. The van der Waals surface area contributed by atoms with Crippen LogP contribution in [0.4, 0.5) is 4.79 Å². The van der Waals surface area contributed by atoms with Crippen LogP contribution in [0, 0.1) is 5.92 Å². The number of carbonyl (C=O) groups is 1. The molecule has 2 N–H and O–H groups in total. The Morgan fingerprint density at radius 2 is 2.12 bits per heavy atom. The Bertz CT molecular complexity index is 844. The number of nitrogens with one attached hydrogen (secondary N) is 1. The Balaban J connectivity index is 1.72. The zero-order valence-corrected chi connectivity index (χ0v) is 14.6. The van der Waals surface area contributed by atoms with Crippen LogP contribution in [0.2, 0.25) is 5.02 Å². The predicted molar refractivity (Wildman–Crippen MR) is 94.4 cm³/mol. The minimum atomic E-state index is -0.976. The van der Waals surface area contributed by atoms with Crippen LogP contribution < -0.4 is 15.6 Å². The second kappa shape index (κ2) is 7.31. The van der Waals surface area contributed by atoms with Crippen molar-refractivity contribution in [2.45, 2.75) is 31.7 Å². The smallest absolute Gasteiger partial charge is 0.404 e. The van der Waals surface area contributed by atoms with Crippen LogP contribution in [0.15, 0.2) is 23.1 Å². The first-order valence-electron chi connectivity index (χ1n) is 8.22. The van der Waals surface area contributed by atoms with Gasteiger partial charge in [-0.05, 0) is 37.7 Å². The number of aryl methyl sites for hydroxylation is 1. The van der Waals surface area contributed by atoms with E-state index >= 15 is 0 Å². The van der Waals surface area contributed by atoms with Crippen LogP contribution >= 0.6 is 11.6 Å². The molecule has 0 radical (unpaired) electrons. The van der Waals surface area contributed by atoms with Gasteiger partial charge in [0.05, 0.1) is 18.3 Å². The molecule has 25 heavy (non-hydrogen) atoms. The lowest BCUT2D eigenvalue weighted by Gasteiger charge is -2.28. The van der Waals surface area contributed by atoms with Gasteiger partial charge in [-0.15, -0.1) is 0 Å². The molecule has 2 aromatic rings. The van der Waals surface area contributed by atoms with Crippen LogP contribution in [-0.4, -0.2) is 33.4 Å². The van der Waals surface area contributed by atoms with E-state index in [9.17, 15) is 9.59 Å². The zero-order valence-electron chi connectivity index (χ0n) is 13.9. The SMILES string of the molecule is Cn1c(=O)ccc2ncc(Cl)c(OCC3CCC(NC(=O)O)CC3)c21. The summed E-state index contributed by atoms with van der Waals surface area (Å²) in [7, 11) is 1.66. The average molecular weight is 366 g/mol. The highest BCUT2D eigenvalue weighted by atomic mass is 35.5. The number of pyridine rings is 2. The predicted octanol–water partition coefficient (Wildman–Crippen LogP) is 2.79. The highest BCUT2D eigenvalue weighted by molar-refractivity contribution is 6.32. The first-order valence-corrected chi connectivity index (χ1v) is 8.60. The molecule has 0 unspecified atom stereocenters. The molecule has 1 aliphatic rings. The fraction of sp³-hybridized carbons (Fsp3) is 0.471. The maximum atomic E-state index is 11.9. The number of fused-ring (bicyclic) bond motifs is 1. The molecule has 1 amide bonds. The van der Waals surface area contributed by atoms with Crippen LogP contribution in [0.1, 0.15) is 25.7 Å². The number of hydrogen-bond donors (Lipinski definition) is 2. The standard InChI is InChI=1S/C17H20ClN3O4/c1-21-14(22)7-6-13-15(21)16(12(18)8-19-13)25-9-10-2-4-11(5-3-10)20-17(23)24/h6-8,10-11,20H,2-5,9H2,1H3,(H,23,24). The number of aromatic nitrogens is 2. The summed E-state index contributed by atoms with van der Waals surface area (Å²) in [5, 5.41) is 11.7. The summed E-state index contributed by atoms with van der Waals surface area (Å²) < 4.78 is 7.46. The summed E-state index contributed by atoms with van der Waals surface area (Å²) in [4.78, 5) is 26.8. The number of halogens is 1. The number of hydrogen-bond acceptors (Lipinski definition) is 4. The van der Waals surface area contributed by atoms with E-state index in [1.165, 1.54) is 16.8 Å². The molecule has 0 aromatic carbocycles. The van der Waals surface area contributed by atoms with Crippen molar-refractivity contribution in [2.24, 2.45) is 13.0 Å². The topological polar surface area (TPSA) is 93.5 Å². The van der Waals surface area contributed by atoms with Crippen molar-refractivity contribution in [2.75, 3.05) is 6.61 Å². The summed E-state index contributed by atoms with van der Waals surface area (Å²) in [5.41, 5.74) is 1.08. The van der Waals surface area contributed by atoms with Gasteiger partial charge in [-0.3, -0.25) is 9.78 Å². The third-order valence-corrected chi connectivity index (χ3v) is 4.95. The summed E-state index contributed by atoms with van der Waals surface area (Å²) in [6, 6.07) is 3.13. The van der Waals surface area contributed by atoms with Crippen molar-refractivity contribution in [1.82, 2.24) is 14.9 Å². The van der Waals surface area contributed by atoms with Gasteiger partial charge in [0, 0.05) is 19.2 Å². The molecule has 0 atom stereocenters. The van der Waals surface area contributed by atoms with Gasteiger partial charge in [0.1, 0.15) is 10.5 Å². The summed E-state index contributed by atoms with van der Waals surface area (Å²) in [6.45, 7) is 0.474. The number of amides is 1. The molecule has 8 heteroatoms. The minimum Gasteiger partial charge on any atom is -0.489 e. The number of nitrogens with zero attached hydrogens (tertiary/aromatic N) is 2. The molecule has 1 aliphatic carbocycles. The lowest BCUT2D eigenvalue weighted by atomic mass is 9.86. The van der Waals surface area contributed by atoms with Crippen LogP contribution in [0.25, 0.3) is 11.0 Å². The molecule has 1 saturated carbocycles. The van der Waals surface area contributed by atoms with E-state index in [1.807, 2.05) is 0 Å². The summed E-state index contributed by atoms with van der Waals surface area (Å²) >= 11 is 6.25. The molecule has 0 spiro atoms. The molecule has 2 aromatic heterocycles. The van der Waals surface area contributed by atoms with Crippen LogP contribution in [0.3, 0.4) is 0 Å². The van der Waals surface area contributed by atoms with Gasteiger partial charge in [-0.2, -0.15) is 0 Å². The molecule has 134 valence electrons. The van der Waals surface area contributed by atoms with Gasteiger partial charge in [0.25, 0.3) is 5.56 Å². The molecular formula is C17H20ClN3O4. The maximum absolute atomic E-state index is 11.9. The molecule has 0 aliphatic heterocycles. The van der Waals surface area contributed by atoms with Gasteiger partial charge in [-0.25, -0.2) is 4.79 Å². The first kappa shape index (κ1) is 17.5. The third kappa shape index (κ3) is 3.87. The molecular weight excluding hydrogens is 346 g/mol. The van der Waals surface area contributed by atoms with Crippen molar-refractivity contribution in [3.63, 3.8) is 0 Å². The van der Waals surface area contributed by atoms with E-state index in [2.05, 4.69) is 10.3 Å². The molecule has 1 fully saturated rings. The van der Waals surface area contributed by atoms with Crippen molar-refractivity contribution >= 4 is 28.7 Å². The Kier molecular flexibility index (Phi) is 5.13. The number of carboxylic acid groups (broad SMARTS) is 1. The van der Waals surface area contributed by atoms with Crippen LogP contribution in [0.5, 0.6) is 5.75 Å². The number of ether oxygens (including phenoxy) is 1. The van der Waals surface area contributed by atoms with Gasteiger partial charge in [0.2, 0.25) is 0 Å². The fourth-order valence-corrected chi connectivity index (χ4v) is 3.47. The first-order chi connectivity index (χ1) is 12.0. The summed E-state index contributed by atoms with van der Waals surface area (Å²) in [5.74, 6) is 0.796. The maximum Gasteiger partial charge on any atom is 0.404 e. The second-order valence-electron chi connectivity index (χ2n) is 6.38. The lowest BCUT2D eigenvalue weighted by Crippen LogP contribution is -2.37. The van der Waals surface area contributed by atoms with Gasteiger partial charge in [0.15, 0.2) is 5.75 Å². The highest BCUT2D eigenvalue weighted by Crippen LogP contribution is 2.32. The van der Waals surface area contributed by atoms with Crippen molar-refractivity contribution < 1.29 is 14.6 Å². The number of rotatable bonds is 4. The zero-order chi connectivity index (χ0) is 18.0. The van der Waals surface area contributed by atoms with Crippen molar-refractivity contribution in [3.8, 4) is 5.75 Å². The van der Waals surface area contributed by atoms with E-state index in [4.69, 9.17) is 21.4 Å².